The maximum atomic E-state index is 13.1. The third-order valence-electron chi connectivity index (χ3n) is 4.96. The van der Waals surface area contributed by atoms with Crippen LogP contribution in [0, 0.1) is 5.92 Å². The van der Waals surface area contributed by atoms with E-state index in [1.54, 1.807) is 39.2 Å². The van der Waals surface area contributed by atoms with E-state index in [0.717, 1.165) is 0 Å². The van der Waals surface area contributed by atoms with Crippen LogP contribution >= 0.6 is 0 Å². The molecule has 2 unspecified atom stereocenters. The quantitative estimate of drug-likeness (QED) is 0.564. The summed E-state index contributed by atoms with van der Waals surface area (Å²) in [6.45, 7) is 3.61. The molecule has 8 heteroatoms. The molecule has 1 aliphatic rings. The molecule has 1 heterocycles. The zero-order valence-electron chi connectivity index (χ0n) is 16.3. The maximum absolute atomic E-state index is 13.1. The molecule has 0 bridgehead atoms. The van der Waals surface area contributed by atoms with Crippen molar-refractivity contribution in [1.82, 2.24) is 10.2 Å². The molecule has 2 amide bonds. The van der Waals surface area contributed by atoms with Crippen molar-refractivity contribution in [2.24, 2.45) is 5.92 Å². The van der Waals surface area contributed by atoms with E-state index in [9.17, 15) is 14.4 Å². The highest BCUT2D eigenvalue weighted by atomic mass is 16.5. The summed E-state index contributed by atoms with van der Waals surface area (Å²) in [5, 5.41) is 2.76. The van der Waals surface area contributed by atoms with Crippen molar-refractivity contribution >= 4 is 17.8 Å². The van der Waals surface area contributed by atoms with E-state index in [0.29, 0.717) is 17.1 Å². The molecule has 1 aliphatic heterocycles. The van der Waals surface area contributed by atoms with Gasteiger partial charge in [-0.15, -0.1) is 0 Å². The highest BCUT2D eigenvalue weighted by Crippen LogP contribution is 2.36. The first-order chi connectivity index (χ1) is 12.8. The molecule has 8 nitrogen and oxygen atoms in total. The number of amides is 2. The van der Waals surface area contributed by atoms with Crippen molar-refractivity contribution in [3.63, 3.8) is 0 Å². The molecule has 1 N–H and O–H groups in total. The van der Waals surface area contributed by atoms with Gasteiger partial charge in [-0.2, -0.15) is 0 Å². The van der Waals surface area contributed by atoms with Crippen LogP contribution in [0.3, 0.4) is 0 Å². The third kappa shape index (κ3) is 3.56. The first kappa shape index (κ1) is 20.5. The number of carbonyl (C=O) groups excluding carboxylic acids is 3. The Hall–Kier alpha value is -2.77. The highest BCUT2D eigenvalue weighted by Gasteiger charge is 2.61. The molecule has 1 fully saturated rings. The molecule has 0 aromatic heterocycles. The van der Waals surface area contributed by atoms with Gasteiger partial charge in [0, 0.05) is 37.6 Å². The minimum Gasteiger partial charge on any atom is -0.497 e. The number of benzene rings is 1. The lowest BCUT2D eigenvalue weighted by molar-refractivity contribution is -0.166. The first-order valence-corrected chi connectivity index (χ1v) is 8.75. The van der Waals surface area contributed by atoms with E-state index < -0.39 is 23.3 Å². The average molecular weight is 378 g/mol. The van der Waals surface area contributed by atoms with Crippen molar-refractivity contribution in [2.75, 3.05) is 27.9 Å². The number of likely N-dealkylation sites (tertiary alicyclic amines) is 1. The molecule has 2 rings (SSSR count). The molecule has 2 atom stereocenters. The molecule has 1 aromatic rings. The molecule has 27 heavy (non-hydrogen) atoms. The van der Waals surface area contributed by atoms with Crippen LogP contribution in [0.2, 0.25) is 0 Å². The monoisotopic (exact) mass is 378 g/mol. The van der Waals surface area contributed by atoms with Crippen LogP contribution < -0.4 is 14.8 Å². The number of rotatable bonds is 7. The maximum Gasteiger partial charge on any atom is 0.342 e. The molecule has 0 aliphatic carbocycles. The second kappa shape index (κ2) is 8.28. The summed E-state index contributed by atoms with van der Waals surface area (Å²) < 4.78 is 15.6. The largest absolute Gasteiger partial charge is 0.497 e. The number of methoxy groups -OCH3 is 2. The van der Waals surface area contributed by atoms with Crippen LogP contribution in [-0.4, -0.2) is 56.1 Å². The Morgan fingerprint density at radius 1 is 1.30 bits per heavy atom. The normalized spacial score (nSPS) is 21.7. The van der Waals surface area contributed by atoms with Crippen LogP contribution in [0.25, 0.3) is 0 Å². The summed E-state index contributed by atoms with van der Waals surface area (Å²) in [6, 6.07) is 5.22. The topological polar surface area (TPSA) is 94.2 Å². The molecule has 0 spiro atoms. The average Bonchev–Trinajstić information content (AvgIpc) is 2.89. The molecule has 1 aromatic carbocycles. The molecule has 0 radical (unpaired) electrons. The minimum absolute atomic E-state index is 0.106. The lowest BCUT2D eigenvalue weighted by atomic mass is 9.85. The molecule has 148 valence electrons. The standard InChI is InChI=1S/C19H26N2O6/c1-6-27-18(24)19(12(2)9-16(22)21(19)3)17(23)20-11-13-7-8-14(25-4)10-15(13)26-5/h7-8,10,12H,6,9,11H2,1-5H3,(H,20,23). The lowest BCUT2D eigenvalue weighted by Crippen LogP contribution is -2.63. The summed E-state index contributed by atoms with van der Waals surface area (Å²) in [7, 11) is 4.52. The SMILES string of the molecule is CCOC(=O)C1(C(=O)NCc2ccc(OC)cc2OC)C(C)CC(=O)N1C. The van der Waals surface area contributed by atoms with E-state index in [1.165, 1.54) is 19.1 Å². The number of carbonyl (C=O) groups is 3. The predicted octanol–water partition coefficient (Wildman–Crippen LogP) is 1.12. The van der Waals surface area contributed by atoms with Crippen molar-refractivity contribution < 1.29 is 28.6 Å². The fourth-order valence-corrected chi connectivity index (χ4v) is 3.43. The molecule has 1 saturated heterocycles. The van der Waals surface area contributed by atoms with Gasteiger partial charge in [0.25, 0.3) is 5.91 Å². The van der Waals surface area contributed by atoms with Gasteiger partial charge in [0.1, 0.15) is 11.5 Å². The zero-order chi connectivity index (χ0) is 20.2. The third-order valence-corrected chi connectivity index (χ3v) is 4.96. The molecular weight excluding hydrogens is 352 g/mol. The number of likely N-dealkylation sites (N-methyl/N-ethyl adjacent to an activating group) is 1. The Kier molecular flexibility index (Phi) is 6.30. The number of nitrogens with one attached hydrogen (secondary N) is 1. The van der Waals surface area contributed by atoms with E-state index in [1.807, 2.05) is 0 Å². The van der Waals surface area contributed by atoms with Gasteiger partial charge in [-0.3, -0.25) is 9.59 Å². The van der Waals surface area contributed by atoms with Crippen molar-refractivity contribution in [1.29, 1.82) is 0 Å². The van der Waals surface area contributed by atoms with Gasteiger partial charge in [-0.05, 0) is 19.1 Å². The van der Waals surface area contributed by atoms with Crippen molar-refractivity contribution in [3.8, 4) is 11.5 Å². The Morgan fingerprint density at radius 3 is 2.52 bits per heavy atom. The Labute approximate surface area is 158 Å². The fourth-order valence-electron chi connectivity index (χ4n) is 3.43. The van der Waals surface area contributed by atoms with Crippen LogP contribution in [0.4, 0.5) is 0 Å². The first-order valence-electron chi connectivity index (χ1n) is 8.75. The summed E-state index contributed by atoms with van der Waals surface area (Å²) in [5.41, 5.74) is -0.961. The van der Waals surface area contributed by atoms with Crippen LogP contribution in [0.5, 0.6) is 11.5 Å². The van der Waals surface area contributed by atoms with Gasteiger partial charge in [0.15, 0.2) is 0 Å². The van der Waals surface area contributed by atoms with Gasteiger partial charge in [0.2, 0.25) is 11.4 Å². The van der Waals surface area contributed by atoms with Crippen LogP contribution in [0.15, 0.2) is 18.2 Å². The minimum atomic E-state index is -1.67. The Balaban J connectivity index is 2.28. The van der Waals surface area contributed by atoms with E-state index in [-0.39, 0.29) is 25.5 Å². The van der Waals surface area contributed by atoms with Gasteiger partial charge in [-0.1, -0.05) is 6.92 Å². The van der Waals surface area contributed by atoms with Crippen LogP contribution in [0.1, 0.15) is 25.8 Å². The van der Waals surface area contributed by atoms with Crippen molar-refractivity contribution in [2.45, 2.75) is 32.4 Å². The van der Waals surface area contributed by atoms with Gasteiger partial charge in [-0.25, -0.2) is 4.79 Å². The number of nitrogens with zero attached hydrogens (tertiary/aromatic N) is 1. The second-order valence-corrected chi connectivity index (χ2v) is 6.41. The Bertz CT molecular complexity index is 735. The number of ether oxygens (including phenoxy) is 3. The lowest BCUT2D eigenvalue weighted by Gasteiger charge is -2.35. The summed E-state index contributed by atoms with van der Waals surface area (Å²) in [4.78, 5) is 39.1. The molecule has 0 saturated carbocycles. The van der Waals surface area contributed by atoms with Crippen LogP contribution in [-0.2, 0) is 25.7 Å². The number of hydrogen-bond donors (Lipinski definition) is 1. The van der Waals surface area contributed by atoms with E-state index in [2.05, 4.69) is 5.32 Å². The van der Waals surface area contributed by atoms with Crippen molar-refractivity contribution in [3.05, 3.63) is 23.8 Å². The highest BCUT2D eigenvalue weighted by molar-refractivity contribution is 6.12. The molecular formula is C19H26N2O6. The van der Waals surface area contributed by atoms with Gasteiger partial charge in [0.05, 0.1) is 20.8 Å². The van der Waals surface area contributed by atoms with E-state index >= 15 is 0 Å². The summed E-state index contributed by atoms with van der Waals surface area (Å²) in [5.74, 6) is -0.896. The summed E-state index contributed by atoms with van der Waals surface area (Å²) in [6.07, 6.45) is 0.106. The zero-order valence-corrected chi connectivity index (χ0v) is 16.3. The smallest absolute Gasteiger partial charge is 0.342 e. The summed E-state index contributed by atoms with van der Waals surface area (Å²) >= 11 is 0. The number of esters is 1. The fraction of sp³-hybridized carbons (Fsp3) is 0.526. The van der Waals surface area contributed by atoms with Gasteiger partial charge >= 0.3 is 5.97 Å². The Morgan fingerprint density at radius 2 is 2.00 bits per heavy atom. The van der Waals surface area contributed by atoms with E-state index in [4.69, 9.17) is 14.2 Å². The second-order valence-electron chi connectivity index (χ2n) is 6.41. The number of hydrogen-bond acceptors (Lipinski definition) is 6. The predicted molar refractivity (Wildman–Crippen MR) is 97.3 cm³/mol. The van der Waals surface area contributed by atoms with Gasteiger partial charge < -0.3 is 24.4 Å².